The summed E-state index contributed by atoms with van der Waals surface area (Å²) in [5, 5.41) is 0. The summed E-state index contributed by atoms with van der Waals surface area (Å²) in [5.74, 6) is -1.68. The molecule has 0 saturated heterocycles. The highest BCUT2D eigenvalue weighted by atomic mass is 19.4. The molecule has 1 amide bonds. The van der Waals surface area contributed by atoms with Crippen LogP contribution in [0.15, 0.2) is 18.2 Å². The van der Waals surface area contributed by atoms with Gasteiger partial charge in [-0.2, -0.15) is 13.2 Å². The van der Waals surface area contributed by atoms with Crippen LogP contribution in [0.2, 0.25) is 0 Å². The Balaban J connectivity index is 2.59. The van der Waals surface area contributed by atoms with Crippen molar-refractivity contribution >= 4 is 6.09 Å². The molecule has 106 valence electrons. The quantitative estimate of drug-likeness (QED) is 0.798. The maximum absolute atomic E-state index is 13.3. The summed E-state index contributed by atoms with van der Waals surface area (Å²) >= 11 is 0. The highest BCUT2D eigenvalue weighted by molar-refractivity contribution is 5.67. The summed E-state index contributed by atoms with van der Waals surface area (Å²) in [6.45, 7) is -2.05. The lowest BCUT2D eigenvalue weighted by Crippen LogP contribution is -2.30. The minimum atomic E-state index is -4.63. The molecule has 0 unspecified atom stereocenters. The SMILES string of the molecule is CN(Cc1ccc(F)cc1F)C(=O)OCC(F)(F)F. The van der Waals surface area contributed by atoms with E-state index in [0.717, 1.165) is 24.1 Å². The molecule has 0 atom stereocenters. The highest BCUT2D eigenvalue weighted by Crippen LogP contribution is 2.16. The summed E-state index contributed by atoms with van der Waals surface area (Å²) in [6.07, 6.45) is -5.88. The van der Waals surface area contributed by atoms with Gasteiger partial charge in [0.25, 0.3) is 0 Å². The third kappa shape index (κ3) is 5.11. The van der Waals surface area contributed by atoms with Crippen molar-refractivity contribution in [2.24, 2.45) is 0 Å². The molecule has 0 aliphatic rings. The normalized spacial score (nSPS) is 11.3. The first kappa shape index (κ1) is 15.2. The summed E-state index contributed by atoms with van der Waals surface area (Å²) in [4.78, 5) is 11.9. The van der Waals surface area contributed by atoms with E-state index in [9.17, 15) is 26.7 Å². The zero-order chi connectivity index (χ0) is 14.6. The van der Waals surface area contributed by atoms with Gasteiger partial charge in [0.2, 0.25) is 0 Å². The third-order valence-electron chi connectivity index (χ3n) is 2.09. The lowest BCUT2D eigenvalue weighted by atomic mass is 10.2. The van der Waals surface area contributed by atoms with Crippen molar-refractivity contribution in [2.45, 2.75) is 12.7 Å². The molecule has 0 aliphatic carbocycles. The second kappa shape index (κ2) is 5.85. The van der Waals surface area contributed by atoms with Crippen LogP contribution in [0.5, 0.6) is 0 Å². The number of hydrogen-bond donors (Lipinski definition) is 0. The molecule has 0 fully saturated rings. The molecule has 0 heterocycles. The maximum Gasteiger partial charge on any atom is 0.422 e. The summed E-state index contributed by atoms with van der Waals surface area (Å²) in [7, 11) is 1.14. The Labute approximate surface area is 105 Å². The average Bonchev–Trinajstić information content (AvgIpc) is 2.28. The summed E-state index contributed by atoms with van der Waals surface area (Å²) < 4.78 is 65.3. The molecule has 0 bridgehead atoms. The molecule has 1 rings (SSSR count). The zero-order valence-electron chi connectivity index (χ0n) is 9.80. The van der Waals surface area contributed by atoms with Crippen LogP contribution in [0, 0.1) is 11.6 Å². The van der Waals surface area contributed by atoms with Crippen molar-refractivity contribution in [1.82, 2.24) is 4.90 Å². The molecule has 19 heavy (non-hydrogen) atoms. The first-order chi connectivity index (χ1) is 8.69. The number of halogens is 5. The van der Waals surface area contributed by atoms with Gasteiger partial charge in [-0.25, -0.2) is 13.6 Å². The van der Waals surface area contributed by atoms with Gasteiger partial charge in [-0.3, -0.25) is 0 Å². The predicted molar refractivity (Wildman–Crippen MR) is 55.2 cm³/mol. The fraction of sp³-hybridized carbons (Fsp3) is 0.364. The summed E-state index contributed by atoms with van der Waals surface area (Å²) in [5.41, 5.74) is -0.0344. The minimum Gasteiger partial charge on any atom is -0.440 e. The smallest absolute Gasteiger partial charge is 0.422 e. The molecule has 0 spiro atoms. The van der Waals surface area contributed by atoms with E-state index in [-0.39, 0.29) is 12.1 Å². The van der Waals surface area contributed by atoms with E-state index < -0.39 is 30.5 Å². The van der Waals surface area contributed by atoms with E-state index in [1.807, 2.05) is 0 Å². The number of hydrogen-bond acceptors (Lipinski definition) is 2. The van der Waals surface area contributed by atoms with E-state index in [4.69, 9.17) is 0 Å². The Bertz CT molecular complexity index is 461. The third-order valence-corrected chi connectivity index (χ3v) is 2.09. The topological polar surface area (TPSA) is 29.5 Å². The van der Waals surface area contributed by atoms with Crippen LogP contribution in [0.3, 0.4) is 0 Å². The Hall–Kier alpha value is -1.86. The highest BCUT2D eigenvalue weighted by Gasteiger charge is 2.30. The molecular formula is C11H10F5NO2. The zero-order valence-corrected chi connectivity index (χ0v) is 9.80. The van der Waals surface area contributed by atoms with Gasteiger partial charge in [0, 0.05) is 18.7 Å². The number of ether oxygens (including phenoxy) is 1. The van der Waals surface area contributed by atoms with Crippen LogP contribution in [-0.4, -0.2) is 30.8 Å². The largest absolute Gasteiger partial charge is 0.440 e. The van der Waals surface area contributed by atoms with Crippen LogP contribution >= 0.6 is 0 Å². The van der Waals surface area contributed by atoms with Gasteiger partial charge in [-0.1, -0.05) is 6.07 Å². The molecule has 0 aliphatic heterocycles. The van der Waals surface area contributed by atoms with Crippen molar-refractivity contribution in [3.63, 3.8) is 0 Å². The van der Waals surface area contributed by atoms with Crippen molar-refractivity contribution in [2.75, 3.05) is 13.7 Å². The van der Waals surface area contributed by atoms with Crippen molar-refractivity contribution in [1.29, 1.82) is 0 Å². The maximum atomic E-state index is 13.3. The van der Waals surface area contributed by atoms with Gasteiger partial charge in [-0.05, 0) is 6.07 Å². The Morgan fingerprint density at radius 3 is 2.47 bits per heavy atom. The van der Waals surface area contributed by atoms with Crippen LogP contribution < -0.4 is 0 Å². The van der Waals surface area contributed by atoms with Crippen LogP contribution in [0.4, 0.5) is 26.7 Å². The lowest BCUT2D eigenvalue weighted by Gasteiger charge is -2.18. The molecular weight excluding hydrogens is 273 g/mol. The van der Waals surface area contributed by atoms with Crippen LogP contribution in [0.1, 0.15) is 5.56 Å². The van der Waals surface area contributed by atoms with Gasteiger partial charge < -0.3 is 9.64 Å². The van der Waals surface area contributed by atoms with Crippen LogP contribution in [-0.2, 0) is 11.3 Å². The lowest BCUT2D eigenvalue weighted by molar-refractivity contribution is -0.162. The standard InChI is InChI=1S/C11H10F5NO2/c1-17(10(18)19-6-11(14,15)16)5-7-2-3-8(12)4-9(7)13/h2-4H,5-6H2,1H3. The van der Waals surface area contributed by atoms with Gasteiger partial charge >= 0.3 is 12.3 Å². The Kier molecular flexibility index (Phi) is 4.68. The molecule has 0 saturated carbocycles. The molecule has 8 heteroatoms. The molecule has 3 nitrogen and oxygen atoms in total. The number of amides is 1. The fourth-order valence-electron chi connectivity index (χ4n) is 1.22. The number of alkyl halides is 3. The molecule has 1 aromatic carbocycles. The number of rotatable bonds is 3. The van der Waals surface area contributed by atoms with Crippen molar-refractivity contribution < 1.29 is 31.5 Å². The Morgan fingerprint density at radius 1 is 1.32 bits per heavy atom. The molecule has 0 aromatic heterocycles. The van der Waals surface area contributed by atoms with Crippen molar-refractivity contribution in [3.8, 4) is 0 Å². The van der Waals surface area contributed by atoms with E-state index in [1.54, 1.807) is 0 Å². The van der Waals surface area contributed by atoms with Gasteiger partial charge in [0.15, 0.2) is 6.61 Å². The fourth-order valence-corrected chi connectivity index (χ4v) is 1.22. The molecule has 0 N–H and O–H groups in total. The van der Waals surface area contributed by atoms with E-state index in [0.29, 0.717) is 6.07 Å². The van der Waals surface area contributed by atoms with Gasteiger partial charge in [0.1, 0.15) is 11.6 Å². The second-order valence-electron chi connectivity index (χ2n) is 3.76. The van der Waals surface area contributed by atoms with E-state index >= 15 is 0 Å². The number of benzene rings is 1. The molecule has 0 radical (unpaired) electrons. The van der Waals surface area contributed by atoms with E-state index in [2.05, 4.69) is 4.74 Å². The van der Waals surface area contributed by atoms with Crippen molar-refractivity contribution in [3.05, 3.63) is 35.4 Å². The average molecular weight is 283 g/mol. The van der Waals surface area contributed by atoms with Gasteiger partial charge in [0.05, 0.1) is 6.54 Å². The molecule has 1 aromatic rings. The van der Waals surface area contributed by atoms with Gasteiger partial charge in [-0.15, -0.1) is 0 Å². The number of nitrogens with zero attached hydrogens (tertiary/aromatic N) is 1. The van der Waals surface area contributed by atoms with Crippen LogP contribution in [0.25, 0.3) is 0 Å². The first-order valence-electron chi connectivity index (χ1n) is 5.07. The monoisotopic (exact) mass is 283 g/mol. The Morgan fingerprint density at radius 2 is 1.95 bits per heavy atom. The predicted octanol–water partition coefficient (Wildman–Crippen LogP) is 3.10. The minimum absolute atomic E-state index is 0.0344. The summed E-state index contributed by atoms with van der Waals surface area (Å²) in [6, 6.07) is 2.69. The first-order valence-corrected chi connectivity index (χ1v) is 5.07. The number of carbonyl (C=O) groups excluding carboxylic acids is 1. The number of carbonyl (C=O) groups is 1. The second-order valence-corrected chi connectivity index (χ2v) is 3.76. The van der Waals surface area contributed by atoms with E-state index in [1.165, 1.54) is 0 Å².